The summed E-state index contributed by atoms with van der Waals surface area (Å²) in [5.74, 6) is -1.92. The van der Waals surface area contributed by atoms with E-state index in [-0.39, 0.29) is 6.42 Å². The van der Waals surface area contributed by atoms with Gasteiger partial charge in [-0.1, -0.05) is 0 Å². The fraction of sp³-hybridized carbons (Fsp3) is 0.800. The maximum Gasteiger partial charge on any atom is 0.309 e. The topological polar surface area (TPSA) is 72.8 Å². The van der Waals surface area contributed by atoms with Gasteiger partial charge in [0.25, 0.3) is 0 Å². The molecule has 0 aromatic carbocycles. The SMILES string of the molecule is COC(=O)C1CCC(O)CC1C(=O)OC. The predicted octanol–water partition coefficient (Wildman–Crippen LogP) is 0.110. The highest BCUT2D eigenvalue weighted by molar-refractivity contribution is 5.82. The van der Waals surface area contributed by atoms with Gasteiger partial charge in [0.2, 0.25) is 0 Å². The van der Waals surface area contributed by atoms with E-state index in [9.17, 15) is 14.7 Å². The van der Waals surface area contributed by atoms with Crippen LogP contribution in [0, 0.1) is 11.8 Å². The number of carbonyl (C=O) groups excluding carboxylic acids is 2. The van der Waals surface area contributed by atoms with Crippen LogP contribution in [-0.4, -0.2) is 37.4 Å². The van der Waals surface area contributed by atoms with Gasteiger partial charge in [0.1, 0.15) is 0 Å². The van der Waals surface area contributed by atoms with Gasteiger partial charge in [-0.15, -0.1) is 0 Å². The number of methoxy groups -OCH3 is 2. The molecule has 0 spiro atoms. The number of hydrogen-bond donors (Lipinski definition) is 1. The van der Waals surface area contributed by atoms with Crippen molar-refractivity contribution in [1.29, 1.82) is 0 Å². The summed E-state index contributed by atoms with van der Waals surface area (Å²) < 4.78 is 9.23. The van der Waals surface area contributed by atoms with Crippen molar-refractivity contribution in [2.24, 2.45) is 11.8 Å². The minimum Gasteiger partial charge on any atom is -0.469 e. The van der Waals surface area contributed by atoms with Crippen LogP contribution in [0.1, 0.15) is 19.3 Å². The molecule has 1 rings (SSSR count). The normalized spacial score (nSPS) is 30.7. The number of aliphatic hydroxyl groups excluding tert-OH is 1. The molecule has 5 nitrogen and oxygen atoms in total. The van der Waals surface area contributed by atoms with Gasteiger partial charge in [-0.25, -0.2) is 0 Å². The van der Waals surface area contributed by atoms with Crippen molar-refractivity contribution < 1.29 is 24.2 Å². The van der Waals surface area contributed by atoms with E-state index in [2.05, 4.69) is 9.47 Å². The second-order valence-corrected chi connectivity index (χ2v) is 3.73. The number of aliphatic hydroxyl groups is 1. The average Bonchev–Trinajstić information content (AvgIpc) is 2.26. The van der Waals surface area contributed by atoms with Crippen LogP contribution in [0.15, 0.2) is 0 Å². The van der Waals surface area contributed by atoms with Crippen LogP contribution in [0.25, 0.3) is 0 Å². The van der Waals surface area contributed by atoms with Crippen LogP contribution in [0.2, 0.25) is 0 Å². The van der Waals surface area contributed by atoms with Crippen molar-refractivity contribution in [2.45, 2.75) is 25.4 Å². The molecule has 0 aromatic rings. The quantitative estimate of drug-likeness (QED) is 0.663. The highest BCUT2D eigenvalue weighted by Gasteiger charge is 2.40. The first-order valence-electron chi connectivity index (χ1n) is 4.93. The third-order valence-corrected chi connectivity index (χ3v) is 2.83. The van der Waals surface area contributed by atoms with Crippen molar-refractivity contribution in [3.63, 3.8) is 0 Å². The molecule has 0 aliphatic heterocycles. The summed E-state index contributed by atoms with van der Waals surface area (Å²) in [4.78, 5) is 22.8. The summed E-state index contributed by atoms with van der Waals surface area (Å²) in [7, 11) is 2.57. The second kappa shape index (κ2) is 5.11. The molecule has 1 N–H and O–H groups in total. The first kappa shape index (κ1) is 12.0. The van der Waals surface area contributed by atoms with Crippen LogP contribution in [-0.2, 0) is 19.1 Å². The standard InChI is InChI=1S/C10H16O5/c1-14-9(12)7-4-3-6(11)5-8(7)10(13)15-2/h6-8,11H,3-5H2,1-2H3. The second-order valence-electron chi connectivity index (χ2n) is 3.73. The van der Waals surface area contributed by atoms with Gasteiger partial charge in [-0.2, -0.15) is 0 Å². The zero-order valence-electron chi connectivity index (χ0n) is 8.93. The van der Waals surface area contributed by atoms with Crippen molar-refractivity contribution in [3.8, 4) is 0 Å². The highest BCUT2D eigenvalue weighted by Crippen LogP contribution is 2.32. The van der Waals surface area contributed by atoms with E-state index in [0.717, 1.165) is 0 Å². The largest absolute Gasteiger partial charge is 0.469 e. The van der Waals surface area contributed by atoms with Crippen LogP contribution in [0.5, 0.6) is 0 Å². The van der Waals surface area contributed by atoms with E-state index in [1.54, 1.807) is 0 Å². The maximum atomic E-state index is 11.4. The summed E-state index contributed by atoms with van der Waals surface area (Å²) in [6.07, 6.45) is 0.725. The van der Waals surface area contributed by atoms with Crippen LogP contribution < -0.4 is 0 Å². The molecule has 5 heteroatoms. The number of ether oxygens (including phenoxy) is 2. The minimum absolute atomic E-state index is 0.270. The molecule has 15 heavy (non-hydrogen) atoms. The Kier molecular flexibility index (Phi) is 4.08. The molecule has 0 saturated heterocycles. The Morgan fingerprint density at radius 3 is 2.13 bits per heavy atom. The van der Waals surface area contributed by atoms with E-state index in [1.807, 2.05) is 0 Å². The van der Waals surface area contributed by atoms with Crippen molar-refractivity contribution in [2.75, 3.05) is 14.2 Å². The lowest BCUT2D eigenvalue weighted by molar-refractivity contribution is -0.161. The lowest BCUT2D eigenvalue weighted by Crippen LogP contribution is -2.38. The van der Waals surface area contributed by atoms with Gasteiger partial charge in [0.05, 0.1) is 32.2 Å². The van der Waals surface area contributed by atoms with Gasteiger partial charge in [0, 0.05) is 0 Å². The first-order chi connectivity index (χ1) is 7.10. The van der Waals surface area contributed by atoms with E-state index in [4.69, 9.17) is 0 Å². The van der Waals surface area contributed by atoms with Crippen LogP contribution in [0.4, 0.5) is 0 Å². The molecule has 0 amide bonds. The summed E-state index contributed by atoms with van der Waals surface area (Å²) in [6.45, 7) is 0. The van der Waals surface area contributed by atoms with Gasteiger partial charge < -0.3 is 14.6 Å². The van der Waals surface area contributed by atoms with Crippen LogP contribution >= 0.6 is 0 Å². The predicted molar refractivity (Wildman–Crippen MR) is 50.9 cm³/mol. The Labute approximate surface area is 88.4 Å². The number of carbonyl (C=O) groups is 2. The molecule has 86 valence electrons. The molecule has 0 radical (unpaired) electrons. The van der Waals surface area contributed by atoms with E-state index >= 15 is 0 Å². The fourth-order valence-electron chi connectivity index (χ4n) is 1.99. The van der Waals surface area contributed by atoms with Crippen molar-refractivity contribution in [1.82, 2.24) is 0 Å². The molecule has 0 bridgehead atoms. The van der Waals surface area contributed by atoms with Gasteiger partial charge in [0.15, 0.2) is 0 Å². The summed E-state index contributed by atoms with van der Waals surface area (Å²) in [6, 6.07) is 0. The maximum absolute atomic E-state index is 11.4. The Morgan fingerprint density at radius 2 is 1.60 bits per heavy atom. The van der Waals surface area contributed by atoms with Crippen LogP contribution in [0.3, 0.4) is 0 Å². The Hall–Kier alpha value is -1.10. The van der Waals surface area contributed by atoms with Gasteiger partial charge in [-0.05, 0) is 19.3 Å². The van der Waals surface area contributed by atoms with E-state index < -0.39 is 29.9 Å². The molecule has 1 fully saturated rings. The molecule has 3 unspecified atom stereocenters. The summed E-state index contributed by atoms with van der Waals surface area (Å²) >= 11 is 0. The third-order valence-electron chi connectivity index (χ3n) is 2.83. The molecule has 3 atom stereocenters. The molecule has 1 aliphatic rings. The first-order valence-corrected chi connectivity index (χ1v) is 4.93. The lowest BCUT2D eigenvalue weighted by atomic mass is 9.78. The van der Waals surface area contributed by atoms with Gasteiger partial charge in [-0.3, -0.25) is 9.59 Å². The highest BCUT2D eigenvalue weighted by atomic mass is 16.5. The molecular weight excluding hydrogens is 200 g/mol. The number of rotatable bonds is 2. The van der Waals surface area contributed by atoms with Crippen molar-refractivity contribution >= 4 is 11.9 Å². The summed E-state index contributed by atoms with van der Waals surface area (Å²) in [5.41, 5.74) is 0. The van der Waals surface area contributed by atoms with E-state index in [0.29, 0.717) is 12.8 Å². The minimum atomic E-state index is -0.578. The number of esters is 2. The Bertz CT molecular complexity index is 250. The smallest absolute Gasteiger partial charge is 0.309 e. The van der Waals surface area contributed by atoms with Crippen molar-refractivity contribution in [3.05, 3.63) is 0 Å². The summed E-state index contributed by atoms with van der Waals surface area (Å²) in [5, 5.41) is 9.44. The Balaban J connectivity index is 2.74. The lowest BCUT2D eigenvalue weighted by Gasteiger charge is -2.30. The van der Waals surface area contributed by atoms with E-state index in [1.165, 1.54) is 14.2 Å². The zero-order valence-corrected chi connectivity index (χ0v) is 8.93. The zero-order chi connectivity index (χ0) is 11.4. The molecule has 1 saturated carbocycles. The molecule has 1 aliphatic carbocycles. The van der Waals surface area contributed by atoms with Gasteiger partial charge >= 0.3 is 11.9 Å². The third kappa shape index (κ3) is 2.68. The Morgan fingerprint density at radius 1 is 1.07 bits per heavy atom. The number of hydrogen-bond acceptors (Lipinski definition) is 5. The molecule has 0 aromatic heterocycles. The molecular formula is C10H16O5. The average molecular weight is 216 g/mol. The fourth-order valence-corrected chi connectivity index (χ4v) is 1.99. The monoisotopic (exact) mass is 216 g/mol. The molecule has 0 heterocycles.